The molecule has 2 rings (SSSR count). The maximum Gasteiger partial charge on any atom is 0.423 e. The van der Waals surface area contributed by atoms with Gasteiger partial charge in [0.15, 0.2) is 0 Å². The normalized spacial score (nSPS) is 15.0. The molecule has 0 bridgehead atoms. The van der Waals surface area contributed by atoms with Crippen LogP contribution in [0.1, 0.15) is 22.3 Å². The Kier molecular flexibility index (Phi) is 6.79. The molecule has 2 aromatic carbocycles. The maximum absolute atomic E-state index is 13.7. The highest BCUT2D eigenvalue weighted by Gasteiger charge is 2.56. The summed E-state index contributed by atoms with van der Waals surface area (Å²) in [5.74, 6) is 0. The third-order valence-corrected chi connectivity index (χ3v) is 4.71. The van der Waals surface area contributed by atoms with Crippen LogP contribution in [0.25, 0.3) is 0 Å². The number of hydrogen-bond acceptors (Lipinski definition) is 3. The van der Waals surface area contributed by atoms with Crippen molar-refractivity contribution in [2.45, 2.75) is 30.7 Å². The second-order valence-electron chi connectivity index (χ2n) is 6.52. The summed E-state index contributed by atoms with van der Waals surface area (Å²) in [6.07, 6.45) is -16.4. The Morgan fingerprint density at radius 3 is 1.68 bits per heavy atom. The molecule has 0 aromatic heterocycles. The highest BCUT2D eigenvalue weighted by atomic mass is 35.5. The van der Waals surface area contributed by atoms with Gasteiger partial charge in [-0.25, -0.2) is 0 Å². The lowest BCUT2D eigenvalue weighted by Gasteiger charge is -2.32. The molecular formula is C18H14ClF9N2O. The summed E-state index contributed by atoms with van der Waals surface area (Å²) < 4.78 is 119. The molecule has 4 N–H and O–H groups in total. The van der Waals surface area contributed by atoms with Crippen molar-refractivity contribution < 1.29 is 44.6 Å². The van der Waals surface area contributed by atoms with Crippen LogP contribution in [-0.4, -0.2) is 17.8 Å². The van der Waals surface area contributed by atoms with Crippen LogP contribution in [0.15, 0.2) is 36.4 Å². The Morgan fingerprint density at radius 1 is 0.806 bits per heavy atom. The Bertz CT molecular complexity index is 909. The zero-order valence-electron chi connectivity index (χ0n) is 15.2. The van der Waals surface area contributed by atoms with Crippen molar-refractivity contribution >= 4 is 17.3 Å². The fourth-order valence-electron chi connectivity index (χ4n) is 2.61. The van der Waals surface area contributed by atoms with E-state index in [1.54, 1.807) is 0 Å². The van der Waals surface area contributed by atoms with E-state index in [1.807, 2.05) is 0 Å². The number of nitrogens with one attached hydrogen (secondary N) is 1. The standard InChI is InChI=1S/C18H14ClF9N2O/c19-14-6-13(2-1-9(14)7-29)30-8-15(31,18(26,27)28)10-3-11(16(20,21)22)5-12(4-10)17(23,24)25/h1-6,30-31H,7-8,29H2/t15-/m1/s1. The maximum atomic E-state index is 13.7. The second-order valence-corrected chi connectivity index (χ2v) is 6.92. The molecule has 2 aromatic rings. The quantitative estimate of drug-likeness (QED) is 0.481. The summed E-state index contributed by atoms with van der Waals surface area (Å²) in [5, 5.41) is 12.5. The summed E-state index contributed by atoms with van der Waals surface area (Å²) in [4.78, 5) is 0. The van der Waals surface area contributed by atoms with Crippen LogP contribution in [0, 0.1) is 0 Å². The Morgan fingerprint density at radius 2 is 1.29 bits per heavy atom. The third-order valence-electron chi connectivity index (χ3n) is 4.36. The van der Waals surface area contributed by atoms with Gasteiger partial charge in [0.25, 0.3) is 0 Å². The number of hydrogen-bond donors (Lipinski definition) is 3. The first-order valence-electron chi connectivity index (χ1n) is 8.30. The topological polar surface area (TPSA) is 58.3 Å². The Labute approximate surface area is 174 Å². The van der Waals surface area contributed by atoms with Crippen LogP contribution in [0.5, 0.6) is 0 Å². The summed E-state index contributed by atoms with van der Waals surface area (Å²) in [6, 6.07) is 3.05. The molecule has 0 spiro atoms. The largest absolute Gasteiger partial charge is 0.423 e. The molecule has 172 valence electrons. The molecule has 0 aliphatic carbocycles. The van der Waals surface area contributed by atoms with E-state index in [0.29, 0.717) is 5.56 Å². The van der Waals surface area contributed by atoms with Gasteiger partial charge in [0.1, 0.15) is 0 Å². The van der Waals surface area contributed by atoms with Crippen LogP contribution >= 0.6 is 11.6 Å². The van der Waals surface area contributed by atoms with E-state index in [2.05, 4.69) is 5.32 Å². The minimum absolute atomic E-state index is 0.00998. The van der Waals surface area contributed by atoms with Gasteiger partial charge in [-0.2, -0.15) is 39.5 Å². The first kappa shape index (κ1) is 25.1. The highest BCUT2D eigenvalue weighted by molar-refractivity contribution is 6.31. The van der Waals surface area contributed by atoms with E-state index in [4.69, 9.17) is 17.3 Å². The zero-order valence-corrected chi connectivity index (χ0v) is 15.9. The van der Waals surface area contributed by atoms with Gasteiger partial charge in [-0.15, -0.1) is 0 Å². The highest BCUT2D eigenvalue weighted by Crippen LogP contribution is 2.44. The molecule has 0 radical (unpaired) electrons. The van der Waals surface area contributed by atoms with E-state index < -0.39 is 47.4 Å². The van der Waals surface area contributed by atoms with Crippen LogP contribution in [-0.2, 0) is 24.5 Å². The number of nitrogens with two attached hydrogens (primary N) is 1. The summed E-state index contributed by atoms with van der Waals surface area (Å²) in [6.45, 7) is -1.48. The number of anilines is 1. The average molecular weight is 481 g/mol. The molecule has 0 saturated carbocycles. The van der Waals surface area contributed by atoms with E-state index >= 15 is 0 Å². The first-order valence-corrected chi connectivity index (χ1v) is 8.68. The van der Waals surface area contributed by atoms with Gasteiger partial charge >= 0.3 is 18.5 Å². The van der Waals surface area contributed by atoms with Gasteiger partial charge < -0.3 is 16.2 Å². The molecule has 0 aliphatic rings. The molecule has 0 heterocycles. The predicted molar refractivity (Wildman–Crippen MR) is 94.2 cm³/mol. The van der Waals surface area contributed by atoms with E-state index in [-0.39, 0.29) is 35.5 Å². The summed E-state index contributed by atoms with van der Waals surface area (Å²) >= 11 is 5.87. The average Bonchev–Trinajstić information content (AvgIpc) is 2.63. The number of halogens is 10. The first-order chi connectivity index (χ1) is 14.0. The molecule has 0 saturated heterocycles. The van der Waals surface area contributed by atoms with Crippen molar-refractivity contribution in [3.63, 3.8) is 0 Å². The molecule has 31 heavy (non-hydrogen) atoms. The smallest absolute Gasteiger partial charge is 0.381 e. The number of benzene rings is 2. The molecule has 0 aliphatic heterocycles. The Balaban J connectivity index is 2.56. The van der Waals surface area contributed by atoms with Crippen LogP contribution in [0.2, 0.25) is 5.02 Å². The molecule has 1 atom stereocenters. The van der Waals surface area contributed by atoms with Gasteiger partial charge in [0, 0.05) is 17.3 Å². The molecule has 0 unspecified atom stereocenters. The lowest BCUT2D eigenvalue weighted by atomic mass is 9.89. The zero-order chi connectivity index (χ0) is 23.8. The number of aliphatic hydroxyl groups is 1. The monoisotopic (exact) mass is 480 g/mol. The van der Waals surface area contributed by atoms with Crippen molar-refractivity contribution in [1.82, 2.24) is 0 Å². The summed E-state index contributed by atoms with van der Waals surface area (Å²) in [5.41, 5.74) is -3.94. The van der Waals surface area contributed by atoms with E-state index in [9.17, 15) is 44.6 Å². The molecule has 3 nitrogen and oxygen atoms in total. The van der Waals surface area contributed by atoms with Crippen molar-refractivity contribution in [2.75, 3.05) is 11.9 Å². The number of rotatable bonds is 5. The molecule has 13 heteroatoms. The van der Waals surface area contributed by atoms with Gasteiger partial charge in [0.05, 0.1) is 17.7 Å². The second kappa shape index (κ2) is 8.40. The lowest BCUT2D eigenvalue weighted by molar-refractivity contribution is -0.261. The van der Waals surface area contributed by atoms with Gasteiger partial charge in [-0.1, -0.05) is 17.7 Å². The molecule has 0 amide bonds. The van der Waals surface area contributed by atoms with Crippen LogP contribution in [0.3, 0.4) is 0 Å². The van der Waals surface area contributed by atoms with Crippen molar-refractivity contribution in [3.8, 4) is 0 Å². The van der Waals surface area contributed by atoms with Gasteiger partial charge in [0.2, 0.25) is 5.60 Å². The minimum atomic E-state index is -5.63. The Hall–Kier alpha value is -2.18. The van der Waals surface area contributed by atoms with Crippen LogP contribution in [0.4, 0.5) is 45.2 Å². The van der Waals surface area contributed by atoms with Gasteiger partial charge in [-0.05, 0) is 41.5 Å². The molecular weight excluding hydrogens is 467 g/mol. The van der Waals surface area contributed by atoms with Gasteiger partial charge in [-0.3, -0.25) is 0 Å². The lowest BCUT2D eigenvalue weighted by Crippen LogP contribution is -2.48. The van der Waals surface area contributed by atoms with Crippen molar-refractivity contribution in [1.29, 1.82) is 0 Å². The third kappa shape index (κ3) is 5.55. The number of alkyl halides is 9. The SMILES string of the molecule is NCc1ccc(NC[C@@](O)(c2cc(C(F)(F)F)cc(C(F)(F)F)c2)C(F)(F)F)cc1Cl. The fraction of sp³-hybridized carbons (Fsp3) is 0.333. The van der Waals surface area contributed by atoms with E-state index in [1.165, 1.54) is 12.1 Å². The van der Waals surface area contributed by atoms with Crippen molar-refractivity contribution in [2.24, 2.45) is 5.73 Å². The summed E-state index contributed by atoms with van der Waals surface area (Å²) in [7, 11) is 0. The van der Waals surface area contributed by atoms with Crippen molar-refractivity contribution in [3.05, 3.63) is 63.7 Å². The predicted octanol–water partition coefficient (Wildman–Crippen LogP) is 5.70. The fourth-order valence-corrected chi connectivity index (χ4v) is 2.87. The van der Waals surface area contributed by atoms with E-state index in [0.717, 1.165) is 6.07 Å². The molecule has 0 fully saturated rings. The minimum Gasteiger partial charge on any atom is -0.381 e. The van der Waals surface area contributed by atoms with Crippen LogP contribution < -0.4 is 11.1 Å².